The van der Waals surface area contributed by atoms with Gasteiger partial charge in [0.15, 0.2) is 0 Å². The molecule has 74 valence electrons. The maximum Gasteiger partial charge on any atom is 0.242 e. The Bertz CT molecular complexity index is 242. The predicted molar refractivity (Wildman–Crippen MR) is 50.4 cm³/mol. The Balaban J connectivity index is 2.80. The first-order valence-corrected chi connectivity index (χ1v) is 4.68. The smallest absolute Gasteiger partial charge is 0.242 e. The molecular formula is C8H13NO3S. The van der Waals surface area contributed by atoms with Crippen LogP contribution in [0, 0.1) is 0 Å². The van der Waals surface area contributed by atoms with E-state index in [0.29, 0.717) is 0 Å². The maximum absolute atomic E-state index is 11.4. The van der Waals surface area contributed by atoms with Crippen molar-refractivity contribution < 1.29 is 14.7 Å². The van der Waals surface area contributed by atoms with Crippen LogP contribution in [0.2, 0.25) is 0 Å². The molecule has 1 fully saturated rings. The Morgan fingerprint density at radius 2 is 2.08 bits per heavy atom. The van der Waals surface area contributed by atoms with E-state index in [4.69, 9.17) is 0 Å². The molecule has 1 saturated heterocycles. The minimum absolute atomic E-state index is 0.138. The zero-order valence-electron chi connectivity index (χ0n) is 7.60. The number of rotatable bonds is 2. The molecule has 4 nitrogen and oxygen atoms in total. The van der Waals surface area contributed by atoms with Crippen molar-refractivity contribution in [2.24, 2.45) is 0 Å². The van der Waals surface area contributed by atoms with Crippen LogP contribution in [0.15, 0.2) is 0 Å². The number of hydrogen-bond donors (Lipinski definition) is 2. The van der Waals surface area contributed by atoms with Gasteiger partial charge in [0.05, 0.1) is 17.4 Å². The van der Waals surface area contributed by atoms with Gasteiger partial charge >= 0.3 is 0 Å². The fraction of sp³-hybridized carbons (Fsp3) is 0.750. The molecule has 0 aromatic heterocycles. The van der Waals surface area contributed by atoms with E-state index < -0.39 is 17.4 Å². The molecule has 0 saturated carbocycles. The van der Waals surface area contributed by atoms with Crippen LogP contribution < -0.4 is 0 Å². The van der Waals surface area contributed by atoms with E-state index in [2.05, 4.69) is 12.6 Å². The van der Waals surface area contributed by atoms with Gasteiger partial charge in [-0.25, -0.2) is 0 Å². The van der Waals surface area contributed by atoms with Gasteiger partial charge < -0.3 is 5.11 Å². The molecule has 5 heteroatoms. The summed E-state index contributed by atoms with van der Waals surface area (Å²) < 4.78 is 0. The second-order valence-corrected chi connectivity index (χ2v) is 3.93. The van der Waals surface area contributed by atoms with E-state index in [-0.39, 0.29) is 18.2 Å². The minimum Gasteiger partial charge on any atom is -0.391 e. The minimum atomic E-state index is -0.702. The van der Waals surface area contributed by atoms with Crippen molar-refractivity contribution in [2.75, 3.05) is 0 Å². The highest BCUT2D eigenvalue weighted by Gasteiger charge is 2.40. The average Bonchev–Trinajstić information content (AvgIpc) is 2.26. The summed E-state index contributed by atoms with van der Waals surface area (Å²) in [6.45, 7) is 3.20. The zero-order valence-corrected chi connectivity index (χ0v) is 8.49. The fourth-order valence-corrected chi connectivity index (χ4v) is 1.56. The van der Waals surface area contributed by atoms with Gasteiger partial charge in [-0.1, -0.05) is 0 Å². The first kappa shape index (κ1) is 10.5. The van der Waals surface area contributed by atoms with Crippen LogP contribution in [0.4, 0.5) is 0 Å². The molecule has 13 heavy (non-hydrogen) atoms. The van der Waals surface area contributed by atoms with E-state index in [1.165, 1.54) is 0 Å². The number of carbonyl (C=O) groups is 2. The normalized spacial score (nSPS) is 28.0. The number of hydrogen-bond acceptors (Lipinski definition) is 4. The molecular weight excluding hydrogens is 190 g/mol. The molecule has 0 aliphatic carbocycles. The summed E-state index contributed by atoms with van der Waals surface area (Å²) in [5, 5.41) is 8.70. The predicted octanol–water partition coefficient (Wildman–Crippen LogP) is -0.187. The Hall–Kier alpha value is -0.550. The number of aliphatic hydroxyl groups is 1. The standard InChI is InChI=1S/C8H13NO3S/c1-4(5(2)10)9-7(11)3-6(13)8(9)12/h4-6,10,13H,3H2,1-2H3. The lowest BCUT2D eigenvalue weighted by Crippen LogP contribution is -2.44. The van der Waals surface area contributed by atoms with Gasteiger partial charge in [0.1, 0.15) is 0 Å². The number of aliphatic hydroxyl groups excluding tert-OH is 1. The molecule has 1 aliphatic rings. The summed E-state index contributed by atoms with van der Waals surface area (Å²) in [6.07, 6.45) is -0.564. The van der Waals surface area contributed by atoms with E-state index in [1.54, 1.807) is 13.8 Å². The number of likely N-dealkylation sites (tertiary alicyclic amines) is 1. The molecule has 0 spiro atoms. The van der Waals surface area contributed by atoms with Crippen LogP contribution in [0.3, 0.4) is 0 Å². The summed E-state index contributed by atoms with van der Waals surface area (Å²) in [7, 11) is 0. The largest absolute Gasteiger partial charge is 0.391 e. The summed E-state index contributed by atoms with van der Waals surface area (Å²) >= 11 is 3.98. The van der Waals surface area contributed by atoms with Crippen molar-refractivity contribution in [1.82, 2.24) is 4.90 Å². The quantitative estimate of drug-likeness (QED) is 0.483. The van der Waals surface area contributed by atoms with Crippen LogP contribution in [0.1, 0.15) is 20.3 Å². The second-order valence-electron chi connectivity index (χ2n) is 3.30. The molecule has 3 atom stereocenters. The Morgan fingerprint density at radius 3 is 2.38 bits per heavy atom. The lowest BCUT2D eigenvalue weighted by Gasteiger charge is -2.24. The van der Waals surface area contributed by atoms with E-state index in [1.807, 2.05) is 0 Å². The lowest BCUT2D eigenvalue weighted by atomic mass is 10.2. The SMILES string of the molecule is CC(O)C(C)N1C(=O)CC(S)C1=O. The van der Waals surface area contributed by atoms with Crippen LogP contribution >= 0.6 is 12.6 Å². The van der Waals surface area contributed by atoms with Crippen molar-refractivity contribution in [3.8, 4) is 0 Å². The molecule has 2 amide bonds. The van der Waals surface area contributed by atoms with E-state index >= 15 is 0 Å². The molecule has 1 N–H and O–H groups in total. The highest BCUT2D eigenvalue weighted by atomic mass is 32.1. The van der Waals surface area contributed by atoms with Gasteiger partial charge in [0, 0.05) is 6.42 Å². The number of carbonyl (C=O) groups excluding carboxylic acids is 2. The molecule has 0 radical (unpaired) electrons. The third kappa shape index (κ3) is 1.86. The summed E-state index contributed by atoms with van der Waals surface area (Å²) in [5.41, 5.74) is 0. The fourth-order valence-electron chi connectivity index (χ4n) is 1.28. The van der Waals surface area contributed by atoms with Crippen molar-refractivity contribution in [2.45, 2.75) is 37.7 Å². The van der Waals surface area contributed by atoms with Crippen LogP contribution in [0.5, 0.6) is 0 Å². The van der Waals surface area contributed by atoms with Gasteiger partial charge in [-0.3, -0.25) is 14.5 Å². The molecule has 1 aliphatic heterocycles. The van der Waals surface area contributed by atoms with Gasteiger partial charge in [0.25, 0.3) is 0 Å². The average molecular weight is 203 g/mol. The van der Waals surface area contributed by atoms with Crippen LogP contribution in [0.25, 0.3) is 0 Å². The first-order chi connectivity index (χ1) is 5.95. The molecule has 1 heterocycles. The van der Waals surface area contributed by atoms with Crippen molar-refractivity contribution in [3.05, 3.63) is 0 Å². The number of thiol groups is 1. The molecule has 3 unspecified atom stereocenters. The molecule has 1 rings (SSSR count). The van der Waals surface area contributed by atoms with E-state index in [0.717, 1.165) is 4.90 Å². The topological polar surface area (TPSA) is 57.6 Å². The number of imide groups is 1. The summed E-state index contributed by atoms with van der Waals surface area (Å²) in [4.78, 5) is 23.8. The monoisotopic (exact) mass is 203 g/mol. The van der Waals surface area contributed by atoms with Gasteiger partial charge in [-0.2, -0.15) is 12.6 Å². The van der Waals surface area contributed by atoms with Crippen molar-refractivity contribution >= 4 is 24.4 Å². The summed E-state index contributed by atoms with van der Waals surface area (Å²) in [5.74, 6) is -0.555. The van der Waals surface area contributed by atoms with Gasteiger partial charge in [-0.05, 0) is 13.8 Å². The maximum atomic E-state index is 11.4. The Kier molecular flexibility index (Phi) is 2.98. The van der Waals surface area contributed by atoms with Crippen molar-refractivity contribution in [3.63, 3.8) is 0 Å². The Morgan fingerprint density at radius 1 is 1.54 bits per heavy atom. The van der Waals surface area contributed by atoms with Gasteiger partial charge in [0.2, 0.25) is 11.8 Å². The first-order valence-electron chi connectivity index (χ1n) is 4.17. The van der Waals surface area contributed by atoms with E-state index in [9.17, 15) is 14.7 Å². The van der Waals surface area contributed by atoms with Crippen LogP contribution in [-0.2, 0) is 9.59 Å². The Labute approximate surface area is 82.3 Å². The zero-order chi connectivity index (χ0) is 10.2. The number of amides is 2. The van der Waals surface area contributed by atoms with Crippen LogP contribution in [-0.4, -0.2) is 39.2 Å². The van der Waals surface area contributed by atoms with Crippen molar-refractivity contribution in [1.29, 1.82) is 0 Å². The highest BCUT2D eigenvalue weighted by molar-refractivity contribution is 7.81. The second kappa shape index (κ2) is 3.67. The molecule has 0 aromatic carbocycles. The number of nitrogens with zero attached hydrogens (tertiary/aromatic N) is 1. The van der Waals surface area contributed by atoms with Gasteiger partial charge in [-0.15, -0.1) is 0 Å². The highest BCUT2D eigenvalue weighted by Crippen LogP contribution is 2.21. The third-order valence-electron chi connectivity index (χ3n) is 2.26. The third-order valence-corrected chi connectivity index (χ3v) is 2.67. The summed E-state index contributed by atoms with van der Waals surface area (Å²) in [6, 6.07) is -0.461. The molecule has 0 aromatic rings. The molecule has 0 bridgehead atoms. The lowest BCUT2D eigenvalue weighted by molar-refractivity contribution is -0.143.